The minimum atomic E-state index is -4.71. The number of morpholine rings is 1. The minimum absolute atomic E-state index is 0.0222. The maximum Gasteiger partial charge on any atom is 0.413 e. The summed E-state index contributed by atoms with van der Waals surface area (Å²) in [7, 11) is 0. The molecule has 12 heteroatoms. The molecule has 2 fully saturated rings. The summed E-state index contributed by atoms with van der Waals surface area (Å²) in [6, 6.07) is 4.10. The second-order valence-electron chi connectivity index (χ2n) is 8.59. The van der Waals surface area contributed by atoms with Crippen molar-refractivity contribution in [3.63, 3.8) is 0 Å². The van der Waals surface area contributed by atoms with E-state index in [4.69, 9.17) is 10.5 Å². The summed E-state index contributed by atoms with van der Waals surface area (Å²) >= 11 is 0. The highest BCUT2D eigenvalue weighted by molar-refractivity contribution is 5.99. The molecule has 0 aromatic carbocycles. The molecule has 0 amide bonds. The molecule has 3 aliphatic heterocycles. The molecule has 0 radical (unpaired) electrons. The van der Waals surface area contributed by atoms with Gasteiger partial charge in [-0.3, -0.25) is 14.2 Å². The Hall–Kier alpha value is -3.15. The molecule has 2 N–H and O–H groups in total. The van der Waals surface area contributed by atoms with Gasteiger partial charge in [-0.1, -0.05) is 0 Å². The fraction of sp³-hybridized carbons (Fsp3) is 0.500. The third-order valence-corrected chi connectivity index (χ3v) is 6.49. The van der Waals surface area contributed by atoms with Gasteiger partial charge in [-0.05, 0) is 25.5 Å². The quantitative estimate of drug-likeness (QED) is 0.694. The van der Waals surface area contributed by atoms with E-state index >= 15 is 0 Å². The number of rotatable bonds is 4. The molecule has 2 saturated heterocycles. The number of halogens is 3. The van der Waals surface area contributed by atoms with Crippen LogP contribution in [-0.4, -0.2) is 63.9 Å². The summed E-state index contributed by atoms with van der Waals surface area (Å²) in [4.78, 5) is 36.7. The topological polar surface area (TPSA) is 107 Å². The van der Waals surface area contributed by atoms with Gasteiger partial charge in [-0.15, -0.1) is 0 Å². The first-order valence-corrected chi connectivity index (χ1v) is 10.2. The highest BCUT2D eigenvalue weighted by Gasteiger charge is 2.60. The molecule has 3 unspecified atom stereocenters. The average molecular weight is 450 g/mol. The summed E-state index contributed by atoms with van der Waals surface area (Å²) in [5, 5.41) is 0. The lowest BCUT2D eigenvalue weighted by Crippen LogP contribution is -2.57. The number of carbonyl (C=O) groups excluding carboxylic acids is 1. The smallest absolute Gasteiger partial charge is 0.384 e. The maximum absolute atomic E-state index is 14.2. The zero-order valence-corrected chi connectivity index (χ0v) is 17.2. The number of Topliss-reactive ketones (excluding diaryl/α,β-unsaturated/α-hetero) is 1. The molecule has 0 spiro atoms. The molecule has 32 heavy (non-hydrogen) atoms. The average Bonchev–Trinajstić information content (AvgIpc) is 3.43. The predicted octanol–water partition coefficient (Wildman–Crippen LogP) is 1.22. The van der Waals surface area contributed by atoms with Crippen LogP contribution in [0.4, 0.5) is 30.8 Å². The van der Waals surface area contributed by atoms with Crippen molar-refractivity contribution in [2.24, 2.45) is 0 Å². The van der Waals surface area contributed by atoms with Crippen LogP contribution in [0.1, 0.15) is 23.7 Å². The Kier molecular flexibility index (Phi) is 4.49. The second-order valence-corrected chi connectivity index (χ2v) is 8.59. The molecule has 5 heterocycles. The maximum atomic E-state index is 14.2. The van der Waals surface area contributed by atoms with Gasteiger partial charge in [0.2, 0.25) is 5.95 Å². The van der Waals surface area contributed by atoms with Crippen molar-refractivity contribution in [3.8, 4) is 0 Å². The number of pyridine rings is 1. The number of carbonyl (C=O) groups is 1. The number of nitrogen functional groups attached to an aromatic ring is 1. The molecular weight excluding hydrogens is 429 g/mol. The van der Waals surface area contributed by atoms with Crippen LogP contribution in [-0.2, 0) is 11.3 Å². The van der Waals surface area contributed by atoms with Gasteiger partial charge in [-0.25, -0.2) is 4.98 Å². The van der Waals surface area contributed by atoms with E-state index in [1.807, 2.05) is 4.90 Å². The van der Waals surface area contributed by atoms with Crippen molar-refractivity contribution >= 4 is 23.4 Å². The van der Waals surface area contributed by atoms with Gasteiger partial charge in [0.05, 0.1) is 31.8 Å². The van der Waals surface area contributed by atoms with Gasteiger partial charge in [0, 0.05) is 24.4 Å². The molecule has 0 saturated carbocycles. The Morgan fingerprint density at radius 3 is 2.75 bits per heavy atom. The molecule has 2 aromatic rings. The molecule has 2 bridgehead atoms. The van der Waals surface area contributed by atoms with Gasteiger partial charge in [0.25, 0.3) is 5.56 Å². The van der Waals surface area contributed by atoms with E-state index in [1.54, 1.807) is 0 Å². The number of hydrogen-bond acceptors (Lipinski definition) is 8. The SMILES string of the molecule is CC1(C(F)(F)F)Cn2c(nc(N3CC4CC3CO4)cc2=O)N1CC(=O)c1ccc(N)nc1. The zero-order chi connectivity index (χ0) is 22.8. The predicted molar refractivity (Wildman–Crippen MR) is 109 cm³/mol. The summed E-state index contributed by atoms with van der Waals surface area (Å²) in [6.45, 7) is 0.707. The number of aromatic nitrogens is 3. The summed E-state index contributed by atoms with van der Waals surface area (Å²) < 4.78 is 49.1. The van der Waals surface area contributed by atoms with Crippen molar-refractivity contribution in [1.29, 1.82) is 0 Å². The van der Waals surface area contributed by atoms with Crippen molar-refractivity contribution in [3.05, 3.63) is 40.3 Å². The molecule has 3 aliphatic rings. The summed E-state index contributed by atoms with van der Waals surface area (Å²) in [5.41, 5.74) is 2.58. The Balaban J connectivity index is 1.55. The number of ketones is 1. The van der Waals surface area contributed by atoms with E-state index in [2.05, 4.69) is 9.97 Å². The number of nitrogens with zero attached hydrogens (tertiary/aromatic N) is 5. The van der Waals surface area contributed by atoms with Crippen LogP contribution in [0.2, 0.25) is 0 Å². The van der Waals surface area contributed by atoms with Crippen LogP contribution in [0.25, 0.3) is 0 Å². The Bertz CT molecular complexity index is 1130. The Labute approximate surface area is 180 Å². The fourth-order valence-corrected chi connectivity index (χ4v) is 4.57. The van der Waals surface area contributed by atoms with E-state index in [1.165, 1.54) is 24.4 Å². The number of anilines is 3. The number of hydrogen-bond donors (Lipinski definition) is 1. The van der Waals surface area contributed by atoms with Crippen LogP contribution < -0.4 is 21.1 Å². The normalized spacial score (nSPS) is 26.6. The zero-order valence-electron chi connectivity index (χ0n) is 17.2. The molecule has 170 valence electrons. The van der Waals surface area contributed by atoms with Crippen LogP contribution in [0.3, 0.4) is 0 Å². The Morgan fingerprint density at radius 1 is 1.38 bits per heavy atom. The lowest BCUT2D eigenvalue weighted by Gasteiger charge is -2.36. The van der Waals surface area contributed by atoms with E-state index in [0.29, 0.717) is 19.0 Å². The van der Waals surface area contributed by atoms with Crippen LogP contribution in [0, 0.1) is 0 Å². The molecule has 5 rings (SSSR count). The van der Waals surface area contributed by atoms with Gasteiger partial charge in [0.1, 0.15) is 11.6 Å². The monoisotopic (exact) mass is 450 g/mol. The molecular formula is C20H21F3N6O3. The van der Waals surface area contributed by atoms with Gasteiger partial charge >= 0.3 is 6.18 Å². The van der Waals surface area contributed by atoms with Gasteiger partial charge < -0.3 is 20.3 Å². The summed E-state index contributed by atoms with van der Waals surface area (Å²) in [6.07, 6.45) is -2.69. The fourth-order valence-electron chi connectivity index (χ4n) is 4.57. The third kappa shape index (κ3) is 3.12. The van der Waals surface area contributed by atoms with Crippen LogP contribution in [0.15, 0.2) is 29.2 Å². The van der Waals surface area contributed by atoms with Crippen molar-refractivity contribution < 1.29 is 22.7 Å². The first-order valence-electron chi connectivity index (χ1n) is 10.2. The molecule has 0 aliphatic carbocycles. The number of fused-ring (bicyclic) bond motifs is 3. The number of alkyl halides is 3. The van der Waals surface area contributed by atoms with Crippen molar-refractivity contribution in [1.82, 2.24) is 14.5 Å². The van der Waals surface area contributed by atoms with Gasteiger partial charge in [-0.2, -0.15) is 18.2 Å². The van der Waals surface area contributed by atoms with Crippen molar-refractivity contribution in [2.75, 3.05) is 35.2 Å². The lowest BCUT2D eigenvalue weighted by molar-refractivity contribution is -0.181. The number of ether oxygens (including phenoxy) is 1. The van der Waals surface area contributed by atoms with Crippen LogP contribution >= 0.6 is 0 Å². The lowest BCUT2D eigenvalue weighted by atomic mass is 10.00. The standard InChI is InChI=1S/C20H21F3N6O3/c1-19(20(21,22)23)10-28-17(31)5-16(27-7-13-4-12(27)9-32-13)26-18(28)29(19)8-14(30)11-2-3-15(24)25-6-11/h2-3,5-6,12-13H,4,7-10H2,1H3,(H2,24,25). The largest absolute Gasteiger partial charge is 0.413 e. The first kappa shape index (κ1) is 20.7. The van der Waals surface area contributed by atoms with Crippen LogP contribution in [0.5, 0.6) is 0 Å². The van der Waals surface area contributed by atoms with E-state index in [-0.39, 0.29) is 29.5 Å². The van der Waals surface area contributed by atoms with E-state index < -0.39 is 36.1 Å². The summed E-state index contributed by atoms with van der Waals surface area (Å²) in [5.74, 6) is -0.271. The number of nitrogens with two attached hydrogens (primary N) is 1. The highest BCUT2D eigenvalue weighted by Crippen LogP contribution is 2.43. The second kappa shape index (κ2) is 6.92. The minimum Gasteiger partial charge on any atom is -0.384 e. The van der Waals surface area contributed by atoms with Crippen molar-refractivity contribution in [2.45, 2.75) is 43.8 Å². The highest BCUT2D eigenvalue weighted by atomic mass is 19.4. The molecule has 2 aromatic heterocycles. The Morgan fingerprint density at radius 2 is 2.16 bits per heavy atom. The third-order valence-electron chi connectivity index (χ3n) is 6.49. The van der Waals surface area contributed by atoms with E-state index in [9.17, 15) is 22.8 Å². The molecule has 3 atom stereocenters. The van der Waals surface area contributed by atoms with Gasteiger partial charge in [0.15, 0.2) is 11.3 Å². The first-order chi connectivity index (χ1) is 15.1. The molecule has 9 nitrogen and oxygen atoms in total. The van der Waals surface area contributed by atoms with E-state index in [0.717, 1.165) is 22.8 Å².